The van der Waals surface area contributed by atoms with Crippen LogP contribution in [0.4, 0.5) is 0 Å². The van der Waals surface area contributed by atoms with Gasteiger partial charge in [0.05, 0.1) is 5.69 Å². The third kappa shape index (κ3) is 8.24. The van der Waals surface area contributed by atoms with Crippen molar-refractivity contribution in [3.63, 3.8) is 0 Å². The molecule has 0 bridgehead atoms. The van der Waals surface area contributed by atoms with Crippen LogP contribution in [0.1, 0.15) is 64.3 Å². The Morgan fingerprint density at radius 3 is 2.58 bits per heavy atom. The van der Waals surface area contributed by atoms with E-state index in [0.717, 1.165) is 37.0 Å². The van der Waals surface area contributed by atoms with Gasteiger partial charge >= 0.3 is 0 Å². The summed E-state index contributed by atoms with van der Waals surface area (Å²) in [6, 6.07) is 2.00. The van der Waals surface area contributed by atoms with Gasteiger partial charge < -0.3 is 20.1 Å². The summed E-state index contributed by atoms with van der Waals surface area (Å²) < 4.78 is 5.36. The van der Waals surface area contributed by atoms with Gasteiger partial charge in [0.25, 0.3) is 0 Å². The fourth-order valence-electron chi connectivity index (χ4n) is 3.09. The van der Waals surface area contributed by atoms with Crippen molar-refractivity contribution in [2.24, 2.45) is 10.9 Å². The van der Waals surface area contributed by atoms with Gasteiger partial charge in [-0.25, -0.2) is 4.99 Å². The summed E-state index contributed by atoms with van der Waals surface area (Å²) in [5, 5.41) is 10.9. The van der Waals surface area contributed by atoms with Crippen LogP contribution in [-0.4, -0.2) is 48.7 Å². The minimum absolute atomic E-state index is 0. The normalized spacial score (nSPS) is 17.0. The summed E-state index contributed by atoms with van der Waals surface area (Å²) in [5.41, 5.74) is 0.985. The van der Waals surface area contributed by atoms with Gasteiger partial charge in [0.15, 0.2) is 11.7 Å². The van der Waals surface area contributed by atoms with Crippen LogP contribution in [0.25, 0.3) is 0 Å². The smallest absolute Gasteiger partial charge is 0.191 e. The third-order valence-electron chi connectivity index (χ3n) is 4.54. The molecule has 1 aliphatic rings. The number of aromatic nitrogens is 1. The van der Waals surface area contributed by atoms with Gasteiger partial charge in [-0.15, -0.1) is 24.0 Å². The number of halogens is 1. The molecule has 1 unspecified atom stereocenters. The number of hydrogen-bond acceptors (Lipinski definition) is 4. The largest absolute Gasteiger partial charge is 0.359 e. The van der Waals surface area contributed by atoms with E-state index in [2.05, 4.69) is 53.4 Å². The zero-order valence-corrected chi connectivity index (χ0v) is 19.1. The lowest BCUT2D eigenvalue weighted by atomic mass is 10.1. The van der Waals surface area contributed by atoms with Crippen molar-refractivity contribution in [2.45, 2.75) is 59.4 Å². The number of nitrogens with zero attached hydrogens (tertiary/aromatic N) is 3. The first-order valence-electron chi connectivity index (χ1n) is 9.78. The molecule has 150 valence electrons. The SMILES string of the molecule is CCNC(=NCc1cc(C(C)C)no1)NCC(C)CN1CCCCC1.I. The van der Waals surface area contributed by atoms with E-state index in [4.69, 9.17) is 4.52 Å². The van der Waals surface area contributed by atoms with E-state index in [1.165, 1.54) is 32.4 Å². The minimum atomic E-state index is 0. The molecule has 1 aromatic rings. The summed E-state index contributed by atoms with van der Waals surface area (Å²) in [4.78, 5) is 7.21. The molecule has 1 aromatic heterocycles. The Morgan fingerprint density at radius 1 is 1.23 bits per heavy atom. The molecule has 26 heavy (non-hydrogen) atoms. The standard InChI is InChI=1S/C19H35N5O.HI/c1-5-20-19(22-13-17-11-18(15(2)3)23-25-17)21-12-16(4)14-24-9-7-6-8-10-24;/h11,15-16H,5-10,12-14H2,1-4H3,(H2,20,21,22);1H. The highest BCUT2D eigenvalue weighted by Gasteiger charge is 2.14. The Balaban J connectivity index is 0.00000338. The highest BCUT2D eigenvalue weighted by Crippen LogP contribution is 2.14. The minimum Gasteiger partial charge on any atom is -0.359 e. The molecule has 7 heteroatoms. The van der Waals surface area contributed by atoms with E-state index in [1.54, 1.807) is 0 Å². The first-order chi connectivity index (χ1) is 12.1. The van der Waals surface area contributed by atoms with Crippen LogP contribution in [0.15, 0.2) is 15.6 Å². The highest BCUT2D eigenvalue weighted by atomic mass is 127. The fraction of sp³-hybridized carbons (Fsp3) is 0.789. The summed E-state index contributed by atoms with van der Waals surface area (Å²) in [6.07, 6.45) is 4.08. The molecule has 0 radical (unpaired) electrons. The van der Waals surface area contributed by atoms with Gasteiger partial charge in [-0.3, -0.25) is 0 Å². The van der Waals surface area contributed by atoms with Gasteiger partial charge in [-0.05, 0) is 44.7 Å². The average Bonchev–Trinajstić information content (AvgIpc) is 3.07. The topological polar surface area (TPSA) is 65.7 Å². The lowest BCUT2D eigenvalue weighted by Crippen LogP contribution is -2.42. The molecule has 1 aliphatic heterocycles. The van der Waals surface area contributed by atoms with Crippen molar-refractivity contribution in [3.8, 4) is 0 Å². The van der Waals surface area contributed by atoms with E-state index >= 15 is 0 Å². The number of nitrogens with one attached hydrogen (secondary N) is 2. The van der Waals surface area contributed by atoms with Gasteiger partial charge in [-0.2, -0.15) is 0 Å². The lowest BCUT2D eigenvalue weighted by Gasteiger charge is -2.29. The van der Waals surface area contributed by atoms with Crippen LogP contribution < -0.4 is 10.6 Å². The molecule has 2 rings (SSSR count). The van der Waals surface area contributed by atoms with Crippen LogP contribution in [-0.2, 0) is 6.54 Å². The maximum Gasteiger partial charge on any atom is 0.191 e. The number of aliphatic imine (C=N–C) groups is 1. The Morgan fingerprint density at radius 2 is 1.96 bits per heavy atom. The zero-order chi connectivity index (χ0) is 18.1. The number of hydrogen-bond donors (Lipinski definition) is 2. The molecule has 1 saturated heterocycles. The first-order valence-corrected chi connectivity index (χ1v) is 9.78. The van der Waals surface area contributed by atoms with Crippen LogP contribution in [0.5, 0.6) is 0 Å². The molecular weight excluding hydrogens is 441 g/mol. The highest BCUT2D eigenvalue weighted by molar-refractivity contribution is 14.0. The third-order valence-corrected chi connectivity index (χ3v) is 4.54. The van der Waals surface area contributed by atoms with Crippen LogP contribution >= 0.6 is 24.0 Å². The summed E-state index contributed by atoms with van der Waals surface area (Å²) in [6.45, 7) is 14.6. The molecule has 0 spiro atoms. The summed E-state index contributed by atoms with van der Waals surface area (Å²) >= 11 is 0. The molecular formula is C19H36IN5O. The molecule has 2 heterocycles. The van der Waals surface area contributed by atoms with E-state index in [9.17, 15) is 0 Å². The molecule has 0 amide bonds. The molecule has 0 saturated carbocycles. The van der Waals surface area contributed by atoms with Gasteiger partial charge in [0.1, 0.15) is 6.54 Å². The van der Waals surface area contributed by atoms with E-state index in [1.807, 2.05) is 6.07 Å². The van der Waals surface area contributed by atoms with Crippen LogP contribution in [0.3, 0.4) is 0 Å². The second kappa shape index (κ2) is 12.5. The monoisotopic (exact) mass is 477 g/mol. The maximum absolute atomic E-state index is 5.36. The quantitative estimate of drug-likeness (QED) is 0.341. The van der Waals surface area contributed by atoms with E-state index < -0.39 is 0 Å². The fourth-order valence-corrected chi connectivity index (χ4v) is 3.09. The number of likely N-dealkylation sites (tertiary alicyclic amines) is 1. The Bertz CT molecular complexity index is 526. The molecule has 0 aromatic carbocycles. The lowest BCUT2D eigenvalue weighted by molar-refractivity contribution is 0.201. The van der Waals surface area contributed by atoms with Gasteiger partial charge in [0, 0.05) is 25.7 Å². The Labute approximate surface area is 175 Å². The number of piperidine rings is 1. The zero-order valence-electron chi connectivity index (χ0n) is 16.8. The van der Waals surface area contributed by atoms with E-state index in [-0.39, 0.29) is 24.0 Å². The predicted molar refractivity (Wildman–Crippen MR) is 118 cm³/mol. The molecule has 6 nitrogen and oxygen atoms in total. The van der Waals surface area contributed by atoms with Crippen molar-refractivity contribution in [2.75, 3.05) is 32.7 Å². The molecule has 1 fully saturated rings. The molecule has 1 atom stereocenters. The summed E-state index contributed by atoms with van der Waals surface area (Å²) in [7, 11) is 0. The number of guanidine groups is 1. The van der Waals surface area contributed by atoms with Crippen LogP contribution in [0.2, 0.25) is 0 Å². The van der Waals surface area contributed by atoms with Gasteiger partial charge in [-0.1, -0.05) is 32.3 Å². The van der Waals surface area contributed by atoms with Gasteiger partial charge in [0.2, 0.25) is 0 Å². The van der Waals surface area contributed by atoms with Crippen LogP contribution in [0, 0.1) is 5.92 Å². The van der Waals surface area contributed by atoms with Crippen molar-refractivity contribution >= 4 is 29.9 Å². The van der Waals surface area contributed by atoms with Crippen molar-refractivity contribution < 1.29 is 4.52 Å². The second-order valence-corrected chi connectivity index (χ2v) is 7.42. The Kier molecular flexibility index (Phi) is 11.2. The van der Waals surface area contributed by atoms with E-state index in [0.29, 0.717) is 18.4 Å². The molecule has 2 N–H and O–H groups in total. The Hall–Kier alpha value is -0.830. The van der Waals surface area contributed by atoms with Crippen molar-refractivity contribution in [1.82, 2.24) is 20.7 Å². The first kappa shape index (κ1) is 23.2. The second-order valence-electron chi connectivity index (χ2n) is 7.42. The van der Waals surface area contributed by atoms with Crippen molar-refractivity contribution in [1.29, 1.82) is 0 Å². The van der Waals surface area contributed by atoms with Crippen molar-refractivity contribution in [3.05, 3.63) is 17.5 Å². The predicted octanol–water partition coefficient (Wildman–Crippen LogP) is 3.59. The average molecular weight is 477 g/mol. The maximum atomic E-state index is 5.36. The summed E-state index contributed by atoms with van der Waals surface area (Å²) in [5.74, 6) is 2.63. The molecule has 0 aliphatic carbocycles. The number of rotatable bonds is 8.